The van der Waals surface area contributed by atoms with E-state index in [1.54, 1.807) is 18.7 Å². The topological polar surface area (TPSA) is 108 Å². The number of hydrogen-bond donors (Lipinski definition) is 0. The van der Waals surface area contributed by atoms with E-state index in [9.17, 15) is 19.7 Å². The van der Waals surface area contributed by atoms with Crippen LogP contribution in [0.3, 0.4) is 0 Å². The highest BCUT2D eigenvalue weighted by molar-refractivity contribution is 5.77. The van der Waals surface area contributed by atoms with Gasteiger partial charge in [-0.2, -0.15) is 5.10 Å². The summed E-state index contributed by atoms with van der Waals surface area (Å²) in [6, 6.07) is 0. The Bertz CT molecular complexity index is 619. The number of aromatic nitrogens is 2. The lowest BCUT2D eigenvalue weighted by atomic mass is 9.97. The summed E-state index contributed by atoms with van der Waals surface area (Å²) >= 11 is 0. The summed E-state index contributed by atoms with van der Waals surface area (Å²) in [5.41, 5.74) is 0.395. The van der Waals surface area contributed by atoms with Crippen molar-refractivity contribution in [2.45, 2.75) is 39.7 Å². The van der Waals surface area contributed by atoms with Crippen molar-refractivity contribution in [2.75, 3.05) is 19.7 Å². The summed E-state index contributed by atoms with van der Waals surface area (Å²) in [7, 11) is 0. The summed E-state index contributed by atoms with van der Waals surface area (Å²) in [4.78, 5) is 36.0. The van der Waals surface area contributed by atoms with Crippen LogP contribution >= 0.6 is 0 Å². The highest BCUT2D eigenvalue weighted by Gasteiger charge is 2.28. The molecular formula is C15H22N4O5. The van der Waals surface area contributed by atoms with Crippen molar-refractivity contribution in [3.05, 3.63) is 22.0 Å². The van der Waals surface area contributed by atoms with Crippen LogP contribution in [0.25, 0.3) is 0 Å². The first-order chi connectivity index (χ1) is 11.4. The van der Waals surface area contributed by atoms with E-state index in [1.807, 2.05) is 0 Å². The van der Waals surface area contributed by atoms with E-state index in [4.69, 9.17) is 4.74 Å². The van der Waals surface area contributed by atoms with Crippen LogP contribution in [-0.4, -0.2) is 51.2 Å². The van der Waals surface area contributed by atoms with Gasteiger partial charge in [0.25, 0.3) is 0 Å². The van der Waals surface area contributed by atoms with Gasteiger partial charge in [0.1, 0.15) is 11.9 Å². The fourth-order valence-corrected chi connectivity index (χ4v) is 2.83. The van der Waals surface area contributed by atoms with Gasteiger partial charge in [0.05, 0.1) is 24.0 Å². The molecular weight excluding hydrogens is 316 g/mol. The maximum atomic E-state index is 12.3. The number of carbonyl (C=O) groups is 2. The van der Waals surface area contributed by atoms with E-state index in [0.717, 1.165) is 0 Å². The SMILES string of the molecule is CCOC(=O)C1CCN(C(=O)CCn2ncc([N+](=O)[O-])c2C)CC1. The number of carbonyl (C=O) groups excluding carboxylic acids is 2. The Labute approximate surface area is 139 Å². The monoisotopic (exact) mass is 338 g/mol. The molecule has 2 rings (SSSR count). The molecule has 1 fully saturated rings. The minimum absolute atomic E-state index is 0.0325. The van der Waals surface area contributed by atoms with Crippen molar-refractivity contribution in [1.29, 1.82) is 0 Å². The second-order valence-electron chi connectivity index (χ2n) is 5.75. The molecule has 1 aromatic rings. The van der Waals surface area contributed by atoms with Crippen molar-refractivity contribution in [2.24, 2.45) is 5.92 Å². The molecule has 1 amide bonds. The third-order valence-electron chi connectivity index (χ3n) is 4.28. The van der Waals surface area contributed by atoms with Crippen LogP contribution < -0.4 is 0 Å². The maximum Gasteiger partial charge on any atom is 0.309 e. The lowest BCUT2D eigenvalue weighted by molar-refractivity contribution is -0.385. The molecule has 0 spiro atoms. The zero-order valence-corrected chi connectivity index (χ0v) is 13.9. The molecule has 9 nitrogen and oxygen atoms in total. The summed E-state index contributed by atoms with van der Waals surface area (Å²) in [6.07, 6.45) is 2.64. The van der Waals surface area contributed by atoms with E-state index in [0.29, 0.717) is 44.8 Å². The predicted octanol–water partition coefficient (Wildman–Crippen LogP) is 1.29. The summed E-state index contributed by atoms with van der Waals surface area (Å²) in [6.45, 7) is 5.11. The van der Waals surface area contributed by atoms with E-state index in [2.05, 4.69) is 5.10 Å². The Kier molecular flexibility index (Phi) is 5.88. The first kappa shape index (κ1) is 17.9. The van der Waals surface area contributed by atoms with Gasteiger partial charge in [-0.05, 0) is 26.7 Å². The van der Waals surface area contributed by atoms with Gasteiger partial charge >= 0.3 is 11.7 Å². The Balaban J connectivity index is 1.82. The summed E-state index contributed by atoms with van der Waals surface area (Å²) in [5.74, 6) is -0.357. The second-order valence-corrected chi connectivity index (χ2v) is 5.75. The molecule has 0 aromatic carbocycles. The quantitative estimate of drug-likeness (QED) is 0.439. The normalized spacial score (nSPS) is 15.3. The molecule has 0 atom stereocenters. The zero-order chi connectivity index (χ0) is 17.7. The molecule has 9 heteroatoms. The van der Waals surface area contributed by atoms with Crippen LogP contribution in [0.15, 0.2) is 6.20 Å². The van der Waals surface area contributed by atoms with Gasteiger partial charge in [-0.15, -0.1) is 0 Å². The number of aryl methyl sites for hydroxylation is 1. The molecule has 0 bridgehead atoms. The smallest absolute Gasteiger partial charge is 0.309 e. The maximum absolute atomic E-state index is 12.3. The van der Waals surface area contributed by atoms with Gasteiger partial charge in [-0.1, -0.05) is 0 Å². The third kappa shape index (κ3) is 4.09. The largest absolute Gasteiger partial charge is 0.466 e. The molecule has 0 N–H and O–H groups in total. The Hall–Kier alpha value is -2.45. The summed E-state index contributed by atoms with van der Waals surface area (Å²) in [5, 5.41) is 14.7. The molecule has 1 aliphatic rings. The van der Waals surface area contributed by atoms with Crippen molar-refractivity contribution < 1.29 is 19.2 Å². The van der Waals surface area contributed by atoms with Crippen LogP contribution in [-0.2, 0) is 20.9 Å². The molecule has 1 saturated heterocycles. The highest BCUT2D eigenvalue weighted by Crippen LogP contribution is 2.20. The molecule has 0 unspecified atom stereocenters. The molecule has 24 heavy (non-hydrogen) atoms. The first-order valence-corrected chi connectivity index (χ1v) is 8.05. The number of nitrogens with zero attached hydrogens (tertiary/aromatic N) is 4. The molecule has 0 aliphatic carbocycles. The number of amides is 1. The van der Waals surface area contributed by atoms with Crippen LogP contribution in [0.4, 0.5) is 5.69 Å². The third-order valence-corrected chi connectivity index (χ3v) is 4.28. The van der Waals surface area contributed by atoms with Gasteiger partial charge in [0.15, 0.2) is 0 Å². The minimum Gasteiger partial charge on any atom is -0.466 e. The van der Waals surface area contributed by atoms with Crippen molar-refractivity contribution in [3.63, 3.8) is 0 Å². The van der Waals surface area contributed by atoms with E-state index in [-0.39, 0.29) is 29.9 Å². The number of ether oxygens (including phenoxy) is 1. The molecule has 1 aromatic heterocycles. The van der Waals surface area contributed by atoms with E-state index >= 15 is 0 Å². The Morgan fingerprint density at radius 1 is 1.42 bits per heavy atom. The second kappa shape index (κ2) is 7.89. The zero-order valence-electron chi connectivity index (χ0n) is 13.9. The van der Waals surface area contributed by atoms with Crippen molar-refractivity contribution in [1.82, 2.24) is 14.7 Å². The molecule has 2 heterocycles. The van der Waals surface area contributed by atoms with Gasteiger partial charge in [-0.3, -0.25) is 24.4 Å². The number of piperidine rings is 1. The van der Waals surface area contributed by atoms with Gasteiger partial charge in [-0.25, -0.2) is 0 Å². The number of nitro groups is 1. The van der Waals surface area contributed by atoms with E-state index < -0.39 is 4.92 Å². The number of rotatable bonds is 6. The van der Waals surface area contributed by atoms with Crippen LogP contribution in [0, 0.1) is 23.0 Å². The van der Waals surface area contributed by atoms with Crippen LogP contribution in [0.1, 0.15) is 31.9 Å². The number of esters is 1. The number of hydrogen-bond acceptors (Lipinski definition) is 6. The highest BCUT2D eigenvalue weighted by atomic mass is 16.6. The van der Waals surface area contributed by atoms with Crippen LogP contribution in [0.5, 0.6) is 0 Å². The molecule has 1 aliphatic heterocycles. The van der Waals surface area contributed by atoms with Crippen LogP contribution in [0.2, 0.25) is 0 Å². The Morgan fingerprint density at radius 2 is 2.08 bits per heavy atom. The number of likely N-dealkylation sites (tertiary alicyclic amines) is 1. The lowest BCUT2D eigenvalue weighted by Gasteiger charge is -2.31. The van der Waals surface area contributed by atoms with Gasteiger partial charge < -0.3 is 9.64 Å². The predicted molar refractivity (Wildman–Crippen MR) is 84.2 cm³/mol. The fraction of sp³-hybridized carbons (Fsp3) is 0.667. The van der Waals surface area contributed by atoms with Crippen molar-refractivity contribution in [3.8, 4) is 0 Å². The fourth-order valence-electron chi connectivity index (χ4n) is 2.83. The standard InChI is InChI=1S/C15H22N4O5/c1-3-24-15(21)12-4-7-17(8-5-12)14(20)6-9-18-11(2)13(10-16-18)19(22)23/h10,12H,3-9H2,1-2H3. The molecule has 132 valence electrons. The lowest BCUT2D eigenvalue weighted by Crippen LogP contribution is -2.41. The summed E-state index contributed by atoms with van der Waals surface area (Å²) < 4.78 is 6.48. The first-order valence-electron chi connectivity index (χ1n) is 8.05. The molecule has 0 saturated carbocycles. The average molecular weight is 338 g/mol. The molecule has 0 radical (unpaired) electrons. The van der Waals surface area contributed by atoms with Crippen molar-refractivity contribution >= 4 is 17.6 Å². The minimum atomic E-state index is -0.485. The van der Waals surface area contributed by atoms with Gasteiger partial charge in [0.2, 0.25) is 5.91 Å². The Morgan fingerprint density at radius 3 is 2.62 bits per heavy atom. The van der Waals surface area contributed by atoms with Gasteiger partial charge in [0, 0.05) is 19.5 Å². The van der Waals surface area contributed by atoms with E-state index in [1.165, 1.54) is 10.9 Å². The average Bonchev–Trinajstić information content (AvgIpc) is 2.94.